The summed E-state index contributed by atoms with van der Waals surface area (Å²) in [6.07, 6.45) is 1.83. The number of nitrogens with zero attached hydrogens (tertiary/aromatic N) is 2. The normalized spacial score (nSPS) is 12.4. The highest BCUT2D eigenvalue weighted by Gasteiger charge is 2.17. The van der Waals surface area contributed by atoms with E-state index in [2.05, 4.69) is 94.1 Å². The second-order valence-electron chi connectivity index (χ2n) is 13.8. The van der Waals surface area contributed by atoms with Gasteiger partial charge in [0.05, 0.1) is 34.9 Å². The highest BCUT2D eigenvalue weighted by molar-refractivity contribution is 6.10. The molecule has 0 saturated heterocycles. The smallest absolute Gasteiger partial charge is 0.137 e. The minimum Gasteiger partial charge on any atom is -0.354 e. The summed E-state index contributed by atoms with van der Waals surface area (Å²) in [4.78, 5) is 4.73. The molecule has 0 fully saturated rings. The average molecular weight is 736 g/mol. The largest absolute Gasteiger partial charge is 0.354 e. The molecule has 0 atom stereocenters. The number of anilines is 4. The number of fused-ring (bicyclic) bond motifs is 3. The van der Waals surface area contributed by atoms with Crippen molar-refractivity contribution >= 4 is 44.6 Å². The Bertz CT molecular complexity index is 3280. The van der Waals surface area contributed by atoms with Gasteiger partial charge in [-0.25, -0.2) is 4.98 Å². The van der Waals surface area contributed by atoms with Gasteiger partial charge >= 0.3 is 0 Å². The van der Waals surface area contributed by atoms with Crippen LogP contribution in [-0.2, 0) is 0 Å². The van der Waals surface area contributed by atoms with E-state index in [9.17, 15) is 0 Å². The zero-order valence-corrected chi connectivity index (χ0v) is 30.8. The van der Waals surface area contributed by atoms with Crippen LogP contribution >= 0.6 is 0 Å². The van der Waals surface area contributed by atoms with Crippen molar-refractivity contribution < 1.29 is 6.85 Å². The molecule has 2 aromatic heterocycles. The van der Waals surface area contributed by atoms with Gasteiger partial charge in [0, 0.05) is 33.8 Å². The van der Waals surface area contributed by atoms with Crippen molar-refractivity contribution in [2.75, 3.05) is 10.6 Å². The van der Waals surface area contributed by atoms with Crippen molar-refractivity contribution in [1.29, 1.82) is 0 Å². The first-order valence-corrected chi connectivity index (χ1v) is 18.9. The van der Waals surface area contributed by atoms with Gasteiger partial charge in [0.1, 0.15) is 5.82 Å². The summed E-state index contributed by atoms with van der Waals surface area (Å²) in [6, 6.07) is 59.6. The van der Waals surface area contributed by atoms with Crippen LogP contribution in [0.15, 0.2) is 218 Å². The molecule has 0 spiro atoms. The van der Waals surface area contributed by atoms with Crippen LogP contribution in [0, 0.1) is 0 Å². The predicted octanol–water partition coefficient (Wildman–Crippen LogP) is 14.3. The van der Waals surface area contributed by atoms with E-state index < -0.39 is 6.04 Å². The van der Waals surface area contributed by atoms with Gasteiger partial charge in [0.25, 0.3) is 0 Å². The Morgan fingerprint density at radius 1 is 0.421 bits per heavy atom. The summed E-state index contributed by atoms with van der Waals surface area (Å²) >= 11 is 0. The van der Waals surface area contributed by atoms with Crippen LogP contribution in [0.4, 0.5) is 22.7 Å². The summed E-state index contributed by atoms with van der Waals surface area (Å²) in [5.41, 5.74) is 11.9. The molecule has 0 radical (unpaired) electrons. The third kappa shape index (κ3) is 6.49. The van der Waals surface area contributed by atoms with Crippen LogP contribution < -0.4 is 10.6 Å². The van der Waals surface area contributed by atoms with Gasteiger partial charge in [-0.05, 0) is 81.9 Å². The molecule has 4 nitrogen and oxygen atoms in total. The lowest BCUT2D eigenvalue weighted by molar-refractivity contribution is 1.08. The molecule has 57 heavy (non-hydrogen) atoms. The molecule has 0 saturated carbocycles. The lowest BCUT2D eigenvalue weighted by Crippen LogP contribution is -2.00. The fraction of sp³-hybridized carbons (Fsp3) is 0. The van der Waals surface area contributed by atoms with Gasteiger partial charge in [-0.2, -0.15) is 0 Å². The maximum Gasteiger partial charge on any atom is 0.137 e. The first kappa shape index (κ1) is 28.7. The van der Waals surface area contributed by atoms with E-state index in [1.807, 2.05) is 103 Å². The molecular weight excluding hydrogens is 693 g/mol. The van der Waals surface area contributed by atoms with Crippen molar-refractivity contribution in [2.45, 2.75) is 0 Å². The van der Waals surface area contributed by atoms with E-state index in [4.69, 9.17) is 11.8 Å². The fourth-order valence-electron chi connectivity index (χ4n) is 7.75. The second-order valence-corrected chi connectivity index (χ2v) is 13.8. The molecule has 8 aromatic carbocycles. The average Bonchev–Trinajstić information content (AvgIpc) is 3.65. The maximum atomic E-state index is 8.86. The summed E-state index contributed by atoms with van der Waals surface area (Å²) in [5, 5.41) is 9.65. The lowest BCUT2D eigenvalue weighted by Gasteiger charge is -2.20. The van der Waals surface area contributed by atoms with E-state index in [1.165, 1.54) is 5.39 Å². The molecule has 2 heterocycles. The van der Waals surface area contributed by atoms with Crippen LogP contribution in [0.3, 0.4) is 0 Å². The van der Waals surface area contributed by atoms with E-state index in [-0.39, 0.29) is 29.7 Å². The number of pyridine rings is 1. The van der Waals surface area contributed by atoms with Crippen molar-refractivity contribution in [1.82, 2.24) is 9.55 Å². The van der Waals surface area contributed by atoms with Crippen molar-refractivity contribution in [3.8, 4) is 50.3 Å². The number of benzene rings is 8. The van der Waals surface area contributed by atoms with Crippen LogP contribution in [-0.4, -0.2) is 9.55 Å². The monoisotopic (exact) mass is 735 g/mol. The molecule has 0 aliphatic carbocycles. The molecule has 0 unspecified atom stereocenters. The van der Waals surface area contributed by atoms with Crippen LogP contribution in [0.5, 0.6) is 0 Å². The minimum absolute atomic E-state index is 0.130. The number of para-hydroxylation sites is 4. The topological polar surface area (TPSA) is 41.9 Å². The second kappa shape index (κ2) is 14.9. The van der Waals surface area contributed by atoms with Crippen LogP contribution in [0.25, 0.3) is 72.1 Å². The third-order valence-corrected chi connectivity index (χ3v) is 10.3. The number of nitrogens with one attached hydrogen (secondary N) is 2. The van der Waals surface area contributed by atoms with Crippen LogP contribution in [0.2, 0.25) is 0 Å². The molecule has 0 aliphatic heterocycles. The molecule has 270 valence electrons. The lowest BCUT2D eigenvalue weighted by atomic mass is 9.93. The van der Waals surface area contributed by atoms with Crippen molar-refractivity contribution in [3.63, 3.8) is 0 Å². The Hall–Kier alpha value is -7.69. The number of hydrogen-bond acceptors (Lipinski definition) is 3. The van der Waals surface area contributed by atoms with E-state index in [0.717, 1.165) is 72.7 Å². The zero-order chi connectivity index (χ0) is 42.3. The molecule has 2 N–H and O–H groups in total. The molecule has 0 aliphatic rings. The SMILES string of the molecule is [2H]c1c([2H])c([2H])c(-c2cccc(-c3ccccc3)c2Nc2ccccc2Nc2cccc(-c3ccccc3-c3ccc4c5ccccc5n(-c5ccccn5)c4c3)c2)c([2H])c1[2H]. The summed E-state index contributed by atoms with van der Waals surface area (Å²) in [6.45, 7) is 0. The summed E-state index contributed by atoms with van der Waals surface area (Å²) in [7, 11) is 0. The predicted molar refractivity (Wildman–Crippen MR) is 240 cm³/mol. The Labute approximate surface area is 339 Å². The highest BCUT2D eigenvalue weighted by Crippen LogP contribution is 2.42. The first-order valence-electron chi connectivity index (χ1n) is 21.4. The van der Waals surface area contributed by atoms with Gasteiger partial charge in [-0.15, -0.1) is 0 Å². The van der Waals surface area contributed by atoms with Gasteiger partial charge < -0.3 is 10.6 Å². The van der Waals surface area contributed by atoms with Crippen molar-refractivity contribution in [3.05, 3.63) is 218 Å². The Balaban J connectivity index is 1.04. The Morgan fingerprint density at radius 3 is 1.82 bits per heavy atom. The van der Waals surface area contributed by atoms with E-state index in [1.54, 1.807) is 6.07 Å². The summed E-state index contributed by atoms with van der Waals surface area (Å²) < 4.78 is 45.1. The number of hydrogen-bond donors (Lipinski definition) is 2. The van der Waals surface area contributed by atoms with Gasteiger partial charge in [-0.1, -0.05) is 164 Å². The molecular formula is C53H38N4. The molecule has 10 rings (SSSR count). The molecule has 4 heteroatoms. The van der Waals surface area contributed by atoms with E-state index >= 15 is 0 Å². The highest BCUT2D eigenvalue weighted by atomic mass is 15.1. The molecule has 0 bridgehead atoms. The van der Waals surface area contributed by atoms with Crippen LogP contribution in [0.1, 0.15) is 6.85 Å². The third-order valence-electron chi connectivity index (χ3n) is 10.3. The standard InChI is InChI=1S/C53H38N4/c1-3-17-37(18-4-1)44-26-16-27-45(38-19-5-2-6-20-38)53(44)56-49-29-11-10-28-48(49)55-41-22-15-21-39(35-41)42-23-7-8-24-43(42)40-32-33-47-46-25-9-12-30-50(46)57(51(47)36-40)52-31-13-14-34-54-52/h1-36,55-56H/i1D,3D,4D,17D,18D. The number of rotatable bonds is 9. The summed E-state index contributed by atoms with van der Waals surface area (Å²) in [5.74, 6) is 0.867. The number of aromatic nitrogens is 2. The molecule has 0 amide bonds. The quantitative estimate of drug-likeness (QED) is 0.155. The van der Waals surface area contributed by atoms with Gasteiger partial charge in [0.2, 0.25) is 0 Å². The zero-order valence-electron chi connectivity index (χ0n) is 35.8. The Kier molecular flexibility index (Phi) is 7.48. The maximum absolute atomic E-state index is 8.86. The minimum atomic E-state index is -0.428. The Morgan fingerprint density at radius 2 is 1.04 bits per heavy atom. The van der Waals surface area contributed by atoms with Gasteiger partial charge in [0.15, 0.2) is 0 Å². The van der Waals surface area contributed by atoms with Gasteiger partial charge in [-0.3, -0.25) is 4.57 Å². The van der Waals surface area contributed by atoms with Crippen molar-refractivity contribution in [2.24, 2.45) is 0 Å². The fourth-order valence-corrected chi connectivity index (χ4v) is 7.75. The van der Waals surface area contributed by atoms with E-state index in [0.29, 0.717) is 11.3 Å². The molecule has 10 aromatic rings. The first-order chi connectivity index (χ1) is 30.4.